The van der Waals surface area contributed by atoms with Crippen LogP contribution in [0.2, 0.25) is 0 Å². The van der Waals surface area contributed by atoms with Gasteiger partial charge in [-0.1, -0.05) is 30.3 Å². The van der Waals surface area contributed by atoms with Crippen molar-refractivity contribution in [3.63, 3.8) is 0 Å². The van der Waals surface area contributed by atoms with Crippen LogP contribution in [-0.4, -0.2) is 16.1 Å². The Morgan fingerprint density at radius 3 is 2.33 bits per heavy atom. The second-order valence-corrected chi connectivity index (χ2v) is 3.55. The molecule has 7 heteroatoms. The number of benzene rings is 1. The summed E-state index contributed by atoms with van der Waals surface area (Å²) in [6.07, 6.45) is -4.73. The van der Waals surface area contributed by atoms with Crippen molar-refractivity contribution in [2.24, 2.45) is 5.73 Å². The Morgan fingerprint density at radius 1 is 1.22 bits per heavy atom. The van der Waals surface area contributed by atoms with E-state index < -0.39 is 23.3 Å². The van der Waals surface area contributed by atoms with Crippen LogP contribution in [0, 0.1) is 0 Å². The summed E-state index contributed by atoms with van der Waals surface area (Å²) in [5.41, 5.74) is 3.43. The molecule has 1 heterocycles. The molecule has 0 saturated carbocycles. The van der Waals surface area contributed by atoms with Gasteiger partial charge < -0.3 is 5.73 Å². The molecule has 0 fully saturated rings. The number of alkyl halides is 3. The van der Waals surface area contributed by atoms with Crippen molar-refractivity contribution in [3.05, 3.63) is 41.6 Å². The molecule has 94 valence electrons. The highest BCUT2D eigenvalue weighted by Gasteiger charge is 2.39. The summed E-state index contributed by atoms with van der Waals surface area (Å²) in [6, 6.07) is 8.08. The van der Waals surface area contributed by atoms with Crippen LogP contribution in [0.5, 0.6) is 0 Å². The van der Waals surface area contributed by atoms with Gasteiger partial charge in [-0.3, -0.25) is 9.89 Å². The predicted octanol–water partition coefficient (Wildman–Crippen LogP) is 2.19. The first-order valence-corrected chi connectivity index (χ1v) is 4.92. The molecule has 0 spiro atoms. The molecule has 0 aliphatic carbocycles. The predicted molar refractivity (Wildman–Crippen MR) is 57.5 cm³/mol. The van der Waals surface area contributed by atoms with Gasteiger partial charge in [0.2, 0.25) is 0 Å². The molecule has 0 unspecified atom stereocenters. The molecule has 1 aromatic carbocycles. The van der Waals surface area contributed by atoms with Gasteiger partial charge in [0, 0.05) is 5.56 Å². The first-order chi connectivity index (χ1) is 8.41. The second-order valence-electron chi connectivity index (χ2n) is 3.55. The average molecular weight is 255 g/mol. The molecular formula is C11H8F3N3O. The van der Waals surface area contributed by atoms with Crippen LogP contribution >= 0.6 is 0 Å². The standard InChI is InChI=1S/C11H8F3N3O/c12-11(13,14)9-7(10(15)18)8(16-17-9)6-4-2-1-3-5-6/h1-5H,(H2,15,18)(H,16,17). The van der Waals surface area contributed by atoms with E-state index in [-0.39, 0.29) is 5.69 Å². The third kappa shape index (κ3) is 2.06. The first kappa shape index (κ1) is 12.2. The van der Waals surface area contributed by atoms with Crippen LogP contribution < -0.4 is 5.73 Å². The van der Waals surface area contributed by atoms with E-state index >= 15 is 0 Å². The molecular weight excluding hydrogens is 247 g/mol. The SMILES string of the molecule is NC(=O)c1c(C(F)(F)F)n[nH]c1-c1ccccc1. The van der Waals surface area contributed by atoms with E-state index in [9.17, 15) is 18.0 Å². The topological polar surface area (TPSA) is 71.8 Å². The summed E-state index contributed by atoms with van der Waals surface area (Å²) in [6.45, 7) is 0. The Balaban J connectivity index is 2.64. The Morgan fingerprint density at radius 2 is 1.83 bits per heavy atom. The second kappa shape index (κ2) is 4.17. The number of rotatable bonds is 2. The summed E-state index contributed by atoms with van der Waals surface area (Å²) in [5, 5.41) is 5.34. The van der Waals surface area contributed by atoms with Gasteiger partial charge in [0.05, 0.1) is 11.3 Å². The number of nitrogens with zero attached hydrogens (tertiary/aromatic N) is 1. The van der Waals surface area contributed by atoms with Gasteiger partial charge in [0.1, 0.15) is 0 Å². The van der Waals surface area contributed by atoms with Gasteiger partial charge in [-0.25, -0.2) is 0 Å². The molecule has 0 aliphatic heterocycles. The van der Waals surface area contributed by atoms with Crippen molar-refractivity contribution in [2.45, 2.75) is 6.18 Å². The van der Waals surface area contributed by atoms with Gasteiger partial charge in [0.15, 0.2) is 5.69 Å². The Hall–Kier alpha value is -2.31. The molecule has 18 heavy (non-hydrogen) atoms. The van der Waals surface area contributed by atoms with Crippen molar-refractivity contribution in [1.29, 1.82) is 0 Å². The zero-order valence-corrected chi connectivity index (χ0v) is 8.95. The smallest absolute Gasteiger partial charge is 0.365 e. The fourth-order valence-corrected chi connectivity index (χ4v) is 1.60. The number of halogens is 3. The van der Waals surface area contributed by atoms with E-state index in [0.717, 1.165) is 0 Å². The zero-order chi connectivity index (χ0) is 13.3. The summed E-state index contributed by atoms with van der Waals surface area (Å²) in [4.78, 5) is 11.2. The van der Waals surface area contributed by atoms with Gasteiger partial charge in [-0.05, 0) is 0 Å². The zero-order valence-electron chi connectivity index (χ0n) is 8.95. The fourth-order valence-electron chi connectivity index (χ4n) is 1.60. The number of H-pyrrole nitrogens is 1. The van der Waals surface area contributed by atoms with Crippen LogP contribution in [-0.2, 0) is 6.18 Å². The normalized spacial score (nSPS) is 11.5. The third-order valence-electron chi connectivity index (χ3n) is 2.34. The molecule has 1 aromatic heterocycles. The van der Waals surface area contributed by atoms with Crippen LogP contribution in [0.1, 0.15) is 16.1 Å². The Bertz CT molecular complexity index is 575. The van der Waals surface area contributed by atoms with Gasteiger partial charge >= 0.3 is 6.18 Å². The molecule has 2 rings (SSSR count). The van der Waals surface area contributed by atoms with E-state index in [1.807, 2.05) is 0 Å². The molecule has 2 aromatic rings. The number of hydrogen-bond donors (Lipinski definition) is 2. The maximum Gasteiger partial charge on any atom is 0.435 e. The number of carbonyl (C=O) groups is 1. The highest BCUT2D eigenvalue weighted by Crippen LogP contribution is 2.34. The number of nitrogens with one attached hydrogen (secondary N) is 1. The van der Waals surface area contributed by atoms with Crippen molar-refractivity contribution >= 4 is 5.91 Å². The number of aromatic amines is 1. The third-order valence-corrected chi connectivity index (χ3v) is 2.34. The van der Waals surface area contributed by atoms with Gasteiger partial charge in [-0.2, -0.15) is 18.3 Å². The fraction of sp³-hybridized carbons (Fsp3) is 0.0909. The average Bonchev–Trinajstić information content (AvgIpc) is 2.74. The highest BCUT2D eigenvalue weighted by molar-refractivity contribution is 6.00. The van der Waals surface area contributed by atoms with Crippen molar-refractivity contribution in [2.75, 3.05) is 0 Å². The number of nitrogens with two attached hydrogens (primary N) is 1. The number of hydrogen-bond acceptors (Lipinski definition) is 2. The van der Waals surface area contributed by atoms with Crippen LogP contribution in [0.4, 0.5) is 13.2 Å². The largest absolute Gasteiger partial charge is 0.435 e. The molecule has 0 atom stereocenters. The summed E-state index contributed by atoms with van der Waals surface area (Å²) >= 11 is 0. The lowest BCUT2D eigenvalue weighted by Crippen LogP contribution is -2.18. The minimum absolute atomic E-state index is 0.0320. The van der Waals surface area contributed by atoms with Crippen LogP contribution in [0.3, 0.4) is 0 Å². The molecule has 0 bridgehead atoms. The van der Waals surface area contributed by atoms with Gasteiger partial charge in [0.25, 0.3) is 5.91 Å². The van der Waals surface area contributed by atoms with Crippen LogP contribution in [0.25, 0.3) is 11.3 Å². The lowest BCUT2D eigenvalue weighted by Gasteiger charge is -2.05. The van der Waals surface area contributed by atoms with E-state index in [2.05, 4.69) is 10.2 Å². The highest BCUT2D eigenvalue weighted by atomic mass is 19.4. The molecule has 3 N–H and O–H groups in total. The number of amides is 1. The monoisotopic (exact) mass is 255 g/mol. The Labute approximate surface area is 99.6 Å². The lowest BCUT2D eigenvalue weighted by atomic mass is 10.1. The number of primary amides is 1. The first-order valence-electron chi connectivity index (χ1n) is 4.92. The molecule has 0 aliphatic rings. The van der Waals surface area contributed by atoms with E-state index in [1.54, 1.807) is 30.3 Å². The van der Waals surface area contributed by atoms with E-state index in [4.69, 9.17) is 5.73 Å². The quantitative estimate of drug-likeness (QED) is 0.863. The summed E-state index contributed by atoms with van der Waals surface area (Å²) < 4.78 is 37.9. The van der Waals surface area contributed by atoms with Crippen molar-refractivity contribution in [1.82, 2.24) is 10.2 Å². The molecule has 0 saturated heterocycles. The molecule has 4 nitrogen and oxygen atoms in total. The maximum absolute atomic E-state index is 12.6. The Kier molecular flexibility index (Phi) is 2.82. The van der Waals surface area contributed by atoms with Crippen molar-refractivity contribution in [3.8, 4) is 11.3 Å². The number of aromatic nitrogens is 2. The van der Waals surface area contributed by atoms with E-state index in [0.29, 0.717) is 5.56 Å². The maximum atomic E-state index is 12.6. The summed E-state index contributed by atoms with van der Waals surface area (Å²) in [7, 11) is 0. The van der Waals surface area contributed by atoms with E-state index in [1.165, 1.54) is 0 Å². The molecule has 0 radical (unpaired) electrons. The lowest BCUT2D eigenvalue weighted by molar-refractivity contribution is -0.141. The van der Waals surface area contributed by atoms with Crippen LogP contribution in [0.15, 0.2) is 30.3 Å². The number of carbonyl (C=O) groups excluding carboxylic acids is 1. The minimum atomic E-state index is -4.73. The van der Waals surface area contributed by atoms with Gasteiger partial charge in [-0.15, -0.1) is 0 Å². The minimum Gasteiger partial charge on any atom is -0.365 e. The van der Waals surface area contributed by atoms with Crippen molar-refractivity contribution < 1.29 is 18.0 Å². The summed E-state index contributed by atoms with van der Waals surface area (Å²) in [5.74, 6) is -1.17. The molecule has 1 amide bonds.